The van der Waals surface area contributed by atoms with Gasteiger partial charge in [-0.25, -0.2) is 0 Å². The molecule has 0 aliphatic carbocycles. The van der Waals surface area contributed by atoms with E-state index in [0.717, 1.165) is 10.9 Å². The summed E-state index contributed by atoms with van der Waals surface area (Å²) in [5, 5.41) is 9.91. The van der Waals surface area contributed by atoms with Gasteiger partial charge in [0.2, 0.25) is 0 Å². The van der Waals surface area contributed by atoms with Crippen molar-refractivity contribution >= 4 is 22.8 Å². The van der Waals surface area contributed by atoms with Crippen molar-refractivity contribution in [2.24, 2.45) is 0 Å². The van der Waals surface area contributed by atoms with Crippen molar-refractivity contribution in [2.75, 3.05) is 33.7 Å². The minimum atomic E-state index is -1.01. The highest BCUT2D eigenvalue weighted by Crippen LogP contribution is 2.15. The highest BCUT2D eigenvalue weighted by molar-refractivity contribution is 5.99. The number of aliphatic carboxylic acids is 1. The lowest BCUT2D eigenvalue weighted by atomic mass is 10.1. The van der Waals surface area contributed by atoms with Crippen LogP contribution in [0.5, 0.6) is 0 Å². The molecule has 0 radical (unpaired) electrons. The second-order valence-electron chi connectivity index (χ2n) is 5.20. The average Bonchev–Trinajstić information content (AvgIpc) is 2.89. The van der Waals surface area contributed by atoms with E-state index >= 15 is 0 Å². The standard InChI is InChI=1S/C15H19N3O3/c1-17(2)7-8-18(10-14(19)20)15(21)12-3-4-13-11(9-12)5-6-16-13/h3-6,9,16H,7-8,10H2,1-2H3,(H,19,20). The molecule has 0 aliphatic heterocycles. The Labute approximate surface area is 123 Å². The normalized spacial score (nSPS) is 11.0. The van der Waals surface area contributed by atoms with Crippen LogP contribution >= 0.6 is 0 Å². The first-order valence-corrected chi connectivity index (χ1v) is 6.70. The summed E-state index contributed by atoms with van der Waals surface area (Å²) < 4.78 is 0. The summed E-state index contributed by atoms with van der Waals surface area (Å²) in [6.07, 6.45) is 1.81. The maximum atomic E-state index is 12.5. The quantitative estimate of drug-likeness (QED) is 0.839. The fraction of sp³-hybridized carbons (Fsp3) is 0.333. The van der Waals surface area contributed by atoms with E-state index in [0.29, 0.717) is 18.7 Å². The number of carbonyl (C=O) groups excluding carboxylic acids is 1. The number of nitrogens with one attached hydrogen (secondary N) is 1. The van der Waals surface area contributed by atoms with Crippen molar-refractivity contribution in [3.63, 3.8) is 0 Å². The number of benzene rings is 1. The third-order valence-electron chi connectivity index (χ3n) is 3.23. The minimum Gasteiger partial charge on any atom is -0.480 e. The Morgan fingerprint density at radius 1 is 1.19 bits per heavy atom. The number of rotatable bonds is 6. The summed E-state index contributed by atoms with van der Waals surface area (Å²) in [6, 6.07) is 7.20. The molecule has 0 spiro atoms. The zero-order valence-electron chi connectivity index (χ0n) is 12.2. The molecule has 0 fully saturated rings. The molecule has 1 aromatic heterocycles. The molecule has 0 aliphatic rings. The number of H-pyrrole nitrogens is 1. The van der Waals surface area contributed by atoms with Crippen LogP contribution in [0.25, 0.3) is 10.9 Å². The van der Waals surface area contributed by atoms with Gasteiger partial charge in [-0.3, -0.25) is 9.59 Å². The molecule has 0 atom stereocenters. The molecule has 21 heavy (non-hydrogen) atoms. The molecule has 2 N–H and O–H groups in total. The maximum Gasteiger partial charge on any atom is 0.323 e. The van der Waals surface area contributed by atoms with E-state index in [1.165, 1.54) is 4.90 Å². The van der Waals surface area contributed by atoms with E-state index in [1.807, 2.05) is 31.1 Å². The predicted molar refractivity (Wildman–Crippen MR) is 80.4 cm³/mol. The number of aromatic nitrogens is 1. The number of carboxylic acids is 1. The van der Waals surface area contributed by atoms with Crippen molar-refractivity contribution in [1.82, 2.24) is 14.8 Å². The van der Waals surface area contributed by atoms with Gasteiger partial charge in [0.05, 0.1) is 0 Å². The topological polar surface area (TPSA) is 76.6 Å². The molecule has 2 aromatic rings. The Hall–Kier alpha value is -2.34. The van der Waals surface area contributed by atoms with E-state index < -0.39 is 5.97 Å². The van der Waals surface area contributed by atoms with Gasteiger partial charge >= 0.3 is 5.97 Å². The molecule has 6 heteroatoms. The smallest absolute Gasteiger partial charge is 0.323 e. The molecule has 6 nitrogen and oxygen atoms in total. The lowest BCUT2D eigenvalue weighted by Gasteiger charge is -2.22. The Balaban J connectivity index is 2.20. The molecule has 0 saturated heterocycles. The molecule has 0 unspecified atom stereocenters. The molecule has 1 aromatic carbocycles. The second kappa shape index (κ2) is 6.41. The van der Waals surface area contributed by atoms with Gasteiger partial charge in [0.1, 0.15) is 6.54 Å². The van der Waals surface area contributed by atoms with Crippen molar-refractivity contribution in [1.29, 1.82) is 0 Å². The number of amides is 1. The van der Waals surface area contributed by atoms with Gasteiger partial charge in [0.25, 0.3) is 5.91 Å². The van der Waals surface area contributed by atoms with E-state index in [1.54, 1.807) is 18.3 Å². The number of carboxylic acid groups (broad SMARTS) is 1. The summed E-state index contributed by atoms with van der Waals surface area (Å²) in [6.45, 7) is 0.701. The minimum absolute atomic E-state index is 0.262. The fourth-order valence-corrected chi connectivity index (χ4v) is 2.11. The van der Waals surface area contributed by atoms with Crippen LogP contribution in [-0.4, -0.2) is 65.5 Å². The first-order valence-electron chi connectivity index (χ1n) is 6.70. The zero-order valence-corrected chi connectivity index (χ0v) is 12.2. The van der Waals surface area contributed by atoms with Gasteiger partial charge in [-0.15, -0.1) is 0 Å². The number of fused-ring (bicyclic) bond motifs is 1. The Kier molecular flexibility index (Phi) is 4.59. The predicted octanol–water partition coefficient (Wildman–Crippen LogP) is 1.26. The van der Waals surface area contributed by atoms with E-state index in [2.05, 4.69) is 4.98 Å². The average molecular weight is 289 g/mol. The van der Waals surface area contributed by atoms with Crippen LogP contribution in [0.1, 0.15) is 10.4 Å². The number of likely N-dealkylation sites (N-methyl/N-ethyl adjacent to an activating group) is 1. The lowest BCUT2D eigenvalue weighted by molar-refractivity contribution is -0.137. The molecular formula is C15H19N3O3. The van der Waals surface area contributed by atoms with Gasteiger partial charge in [0.15, 0.2) is 0 Å². The number of nitrogens with zero attached hydrogens (tertiary/aromatic N) is 2. The Morgan fingerprint density at radius 3 is 2.62 bits per heavy atom. The SMILES string of the molecule is CN(C)CCN(CC(=O)O)C(=O)c1ccc2[nH]ccc2c1. The number of hydrogen-bond acceptors (Lipinski definition) is 3. The number of aromatic amines is 1. The van der Waals surface area contributed by atoms with Crippen LogP contribution in [0.4, 0.5) is 0 Å². The third-order valence-corrected chi connectivity index (χ3v) is 3.23. The molecule has 0 saturated carbocycles. The lowest BCUT2D eigenvalue weighted by Crippen LogP contribution is -2.40. The summed E-state index contributed by atoms with van der Waals surface area (Å²) in [4.78, 5) is 29.8. The third kappa shape index (κ3) is 3.82. The van der Waals surface area contributed by atoms with Gasteiger partial charge in [-0.1, -0.05) is 0 Å². The van der Waals surface area contributed by atoms with E-state index in [4.69, 9.17) is 5.11 Å². The van der Waals surface area contributed by atoms with Crippen molar-refractivity contribution < 1.29 is 14.7 Å². The molecule has 1 amide bonds. The number of hydrogen-bond donors (Lipinski definition) is 2. The monoisotopic (exact) mass is 289 g/mol. The van der Waals surface area contributed by atoms with E-state index in [9.17, 15) is 9.59 Å². The zero-order chi connectivity index (χ0) is 15.4. The first-order chi connectivity index (χ1) is 9.97. The molecule has 2 rings (SSSR count). The molecular weight excluding hydrogens is 270 g/mol. The summed E-state index contributed by atoms with van der Waals surface area (Å²) in [5.41, 5.74) is 1.45. The van der Waals surface area contributed by atoms with Gasteiger partial charge in [-0.05, 0) is 38.4 Å². The van der Waals surface area contributed by atoms with Crippen molar-refractivity contribution in [3.05, 3.63) is 36.0 Å². The summed E-state index contributed by atoms with van der Waals surface area (Å²) >= 11 is 0. The number of carbonyl (C=O) groups is 2. The van der Waals surface area contributed by atoms with Crippen LogP contribution in [0.3, 0.4) is 0 Å². The van der Waals surface area contributed by atoms with Crippen LogP contribution in [0, 0.1) is 0 Å². The van der Waals surface area contributed by atoms with Crippen molar-refractivity contribution in [3.8, 4) is 0 Å². The van der Waals surface area contributed by atoms with Crippen LogP contribution in [-0.2, 0) is 4.79 Å². The van der Waals surface area contributed by atoms with E-state index in [-0.39, 0.29) is 12.5 Å². The maximum absolute atomic E-state index is 12.5. The first kappa shape index (κ1) is 15.1. The van der Waals surface area contributed by atoms with Crippen LogP contribution in [0.2, 0.25) is 0 Å². The Bertz CT molecular complexity index is 648. The van der Waals surface area contributed by atoms with Crippen molar-refractivity contribution in [2.45, 2.75) is 0 Å². The fourth-order valence-electron chi connectivity index (χ4n) is 2.11. The molecule has 0 bridgehead atoms. The molecule has 1 heterocycles. The van der Waals surface area contributed by atoms with Crippen LogP contribution < -0.4 is 0 Å². The van der Waals surface area contributed by atoms with Crippen LogP contribution in [0.15, 0.2) is 30.5 Å². The summed E-state index contributed by atoms with van der Waals surface area (Å²) in [5.74, 6) is -1.27. The Morgan fingerprint density at radius 2 is 1.95 bits per heavy atom. The highest BCUT2D eigenvalue weighted by atomic mass is 16.4. The van der Waals surface area contributed by atoms with Gasteiger partial charge in [0, 0.05) is 35.8 Å². The highest BCUT2D eigenvalue weighted by Gasteiger charge is 2.18. The molecule has 112 valence electrons. The largest absolute Gasteiger partial charge is 0.480 e. The summed E-state index contributed by atoms with van der Waals surface area (Å²) in [7, 11) is 3.77. The van der Waals surface area contributed by atoms with Gasteiger partial charge < -0.3 is 19.9 Å². The second-order valence-corrected chi connectivity index (χ2v) is 5.20. The van der Waals surface area contributed by atoms with Gasteiger partial charge in [-0.2, -0.15) is 0 Å².